The number of hydrogen-bond donors (Lipinski definition) is 1. The summed E-state index contributed by atoms with van der Waals surface area (Å²) in [5, 5.41) is 0. The fourth-order valence-corrected chi connectivity index (χ4v) is 0.873. The van der Waals surface area contributed by atoms with Gasteiger partial charge in [-0.15, -0.1) is 0 Å². The molecule has 0 spiro atoms. The molecule has 0 aliphatic rings. The van der Waals surface area contributed by atoms with Crippen molar-refractivity contribution in [2.24, 2.45) is 5.73 Å². The van der Waals surface area contributed by atoms with Crippen molar-refractivity contribution in [3.05, 3.63) is 36.5 Å². The van der Waals surface area contributed by atoms with Crippen LogP contribution in [0.15, 0.2) is 36.5 Å². The van der Waals surface area contributed by atoms with Crippen LogP contribution in [0.4, 0.5) is 0 Å². The summed E-state index contributed by atoms with van der Waals surface area (Å²) in [7, 11) is 0. The Balaban J connectivity index is 5.46. The second-order valence-corrected chi connectivity index (χ2v) is 4.40. The summed E-state index contributed by atoms with van der Waals surface area (Å²) in [4.78, 5) is 34.8. The van der Waals surface area contributed by atoms with Crippen LogP contribution < -0.4 is 5.73 Å². The summed E-state index contributed by atoms with van der Waals surface area (Å²) in [6.07, 6.45) is 0. The molecule has 0 aliphatic heterocycles. The van der Waals surface area contributed by atoms with Crippen molar-refractivity contribution in [1.82, 2.24) is 0 Å². The quantitative estimate of drug-likeness (QED) is 0.424. The van der Waals surface area contributed by atoms with Crippen molar-refractivity contribution in [3.63, 3.8) is 0 Å². The number of nitrogens with two attached hydrogens (primary N) is 1. The highest BCUT2D eigenvalue weighted by Gasteiger charge is 2.43. The molecule has 0 unspecified atom stereocenters. The van der Waals surface area contributed by atoms with Gasteiger partial charge in [0.25, 0.3) is 0 Å². The summed E-state index contributed by atoms with van der Waals surface area (Å²) >= 11 is 0. The molecular weight excluding hydrogens is 278 g/mol. The SMILES string of the molecule is C=C(C)C(=O)OC(CN)(OC(=O)C(=C)C)OC(=O)C(=C)C. The summed E-state index contributed by atoms with van der Waals surface area (Å²) in [5.41, 5.74) is 5.45. The number of rotatable bonds is 7. The molecule has 7 nitrogen and oxygen atoms in total. The summed E-state index contributed by atoms with van der Waals surface area (Å²) in [6, 6.07) is 0. The lowest BCUT2D eigenvalue weighted by Gasteiger charge is -2.30. The molecule has 0 rings (SSSR count). The van der Waals surface area contributed by atoms with E-state index in [9.17, 15) is 14.4 Å². The van der Waals surface area contributed by atoms with Gasteiger partial charge in [-0.1, -0.05) is 19.7 Å². The normalized spacial score (nSPS) is 10.3. The Hall–Kier alpha value is -2.41. The molecule has 21 heavy (non-hydrogen) atoms. The predicted molar refractivity (Wildman–Crippen MR) is 74.5 cm³/mol. The van der Waals surface area contributed by atoms with E-state index in [2.05, 4.69) is 19.7 Å². The molecule has 0 fully saturated rings. The van der Waals surface area contributed by atoms with Crippen LogP contribution >= 0.6 is 0 Å². The molecule has 2 N–H and O–H groups in total. The smallest absolute Gasteiger partial charge is 0.384 e. The van der Waals surface area contributed by atoms with Gasteiger partial charge in [-0.2, -0.15) is 0 Å². The van der Waals surface area contributed by atoms with Gasteiger partial charge >= 0.3 is 23.9 Å². The van der Waals surface area contributed by atoms with E-state index >= 15 is 0 Å². The van der Waals surface area contributed by atoms with E-state index in [4.69, 9.17) is 19.9 Å². The van der Waals surface area contributed by atoms with Crippen LogP contribution in [0.25, 0.3) is 0 Å². The molecule has 0 saturated carbocycles. The van der Waals surface area contributed by atoms with Crippen molar-refractivity contribution in [1.29, 1.82) is 0 Å². The van der Waals surface area contributed by atoms with Gasteiger partial charge in [0, 0.05) is 16.7 Å². The number of carbonyl (C=O) groups excluding carboxylic acids is 3. The van der Waals surface area contributed by atoms with E-state index < -0.39 is 30.4 Å². The maximum absolute atomic E-state index is 11.6. The predicted octanol–water partition coefficient (Wildman–Crippen LogP) is 0.957. The first-order valence-electron chi connectivity index (χ1n) is 5.91. The molecule has 0 aromatic heterocycles. The Labute approximate surface area is 123 Å². The summed E-state index contributed by atoms with van der Waals surface area (Å²) in [5.74, 6) is -5.22. The molecule has 0 aromatic carbocycles. The first-order chi connectivity index (χ1) is 9.54. The second kappa shape index (κ2) is 7.39. The minimum atomic E-state index is -2.40. The standard InChI is InChI=1S/C14H19NO6/c1-8(2)11(16)19-14(7-15,20-12(17)9(3)4)21-13(18)10(5)6/h1,3,5,7,15H2,2,4,6H3. The Morgan fingerprint density at radius 1 is 0.810 bits per heavy atom. The highest BCUT2D eigenvalue weighted by atomic mass is 16.9. The number of carbonyl (C=O) groups is 3. The monoisotopic (exact) mass is 297 g/mol. The minimum absolute atomic E-state index is 0.00516. The molecule has 0 bridgehead atoms. The zero-order chi connectivity index (χ0) is 16.8. The van der Waals surface area contributed by atoms with Crippen molar-refractivity contribution >= 4 is 17.9 Å². The van der Waals surface area contributed by atoms with Crippen LogP contribution in [0.2, 0.25) is 0 Å². The van der Waals surface area contributed by atoms with E-state index in [-0.39, 0.29) is 16.7 Å². The maximum atomic E-state index is 11.6. The average molecular weight is 297 g/mol. The number of esters is 3. The van der Waals surface area contributed by atoms with Gasteiger partial charge in [0.2, 0.25) is 0 Å². The Morgan fingerprint density at radius 3 is 1.19 bits per heavy atom. The van der Waals surface area contributed by atoms with Crippen LogP contribution in [0.3, 0.4) is 0 Å². The van der Waals surface area contributed by atoms with Crippen molar-refractivity contribution in [2.45, 2.75) is 26.7 Å². The second-order valence-electron chi connectivity index (χ2n) is 4.40. The fraction of sp³-hybridized carbons (Fsp3) is 0.357. The molecule has 0 aliphatic carbocycles. The van der Waals surface area contributed by atoms with Gasteiger partial charge in [0.1, 0.15) is 6.54 Å². The summed E-state index contributed by atoms with van der Waals surface area (Å²) < 4.78 is 14.6. The highest BCUT2D eigenvalue weighted by Crippen LogP contribution is 2.19. The zero-order valence-corrected chi connectivity index (χ0v) is 12.4. The third kappa shape index (κ3) is 5.62. The van der Waals surface area contributed by atoms with E-state index in [0.29, 0.717) is 0 Å². The molecule has 116 valence electrons. The molecule has 0 heterocycles. The van der Waals surface area contributed by atoms with Crippen LogP contribution in [-0.4, -0.2) is 30.4 Å². The van der Waals surface area contributed by atoms with Crippen LogP contribution in [0, 0.1) is 0 Å². The highest BCUT2D eigenvalue weighted by molar-refractivity contribution is 5.90. The van der Waals surface area contributed by atoms with Crippen LogP contribution in [0.5, 0.6) is 0 Å². The molecule has 0 saturated heterocycles. The third-order valence-electron chi connectivity index (χ3n) is 2.04. The minimum Gasteiger partial charge on any atom is -0.384 e. The van der Waals surface area contributed by atoms with Gasteiger partial charge in [-0.05, 0) is 20.8 Å². The van der Waals surface area contributed by atoms with E-state index in [1.807, 2.05) is 0 Å². The lowest BCUT2D eigenvalue weighted by atomic mass is 10.3. The van der Waals surface area contributed by atoms with Gasteiger partial charge in [-0.3, -0.25) is 0 Å². The van der Waals surface area contributed by atoms with Crippen LogP contribution in [0.1, 0.15) is 20.8 Å². The Kier molecular flexibility index (Phi) is 6.54. The molecule has 0 amide bonds. The first kappa shape index (κ1) is 18.6. The molecular formula is C14H19NO6. The van der Waals surface area contributed by atoms with Crippen molar-refractivity contribution < 1.29 is 28.6 Å². The van der Waals surface area contributed by atoms with Gasteiger partial charge in [0.05, 0.1) is 0 Å². The lowest BCUT2D eigenvalue weighted by Crippen LogP contribution is -2.50. The van der Waals surface area contributed by atoms with E-state index in [1.54, 1.807) is 0 Å². The molecule has 7 heteroatoms. The van der Waals surface area contributed by atoms with Crippen molar-refractivity contribution in [2.75, 3.05) is 6.54 Å². The van der Waals surface area contributed by atoms with E-state index in [1.165, 1.54) is 20.8 Å². The number of hydrogen-bond acceptors (Lipinski definition) is 7. The van der Waals surface area contributed by atoms with E-state index in [0.717, 1.165) is 0 Å². The third-order valence-corrected chi connectivity index (χ3v) is 2.04. The molecule has 0 atom stereocenters. The van der Waals surface area contributed by atoms with Gasteiger partial charge < -0.3 is 19.9 Å². The van der Waals surface area contributed by atoms with Gasteiger partial charge in [0.15, 0.2) is 0 Å². The molecule has 0 aromatic rings. The van der Waals surface area contributed by atoms with Gasteiger partial charge in [-0.25, -0.2) is 14.4 Å². The fourth-order valence-electron chi connectivity index (χ4n) is 0.873. The Morgan fingerprint density at radius 2 is 1.05 bits per heavy atom. The maximum Gasteiger partial charge on any atom is 0.437 e. The topological polar surface area (TPSA) is 105 Å². The Bertz CT molecular complexity index is 436. The van der Waals surface area contributed by atoms with Crippen LogP contribution in [-0.2, 0) is 28.6 Å². The summed E-state index contributed by atoms with van der Waals surface area (Å²) in [6.45, 7) is 13.6. The molecule has 0 radical (unpaired) electrons. The zero-order valence-electron chi connectivity index (χ0n) is 12.4. The van der Waals surface area contributed by atoms with Crippen molar-refractivity contribution in [3.8, 4) is 0 Å². The first-order valence-corrected chi connectivity index (χ1v) is 5.91. The largest absolute Gasteiger partial charge is 0.437 e. The average Bonchev–Trinajstić information content (AvgIpc) is 2.37. The number of ether oxygens (including phenoxy) is 3. The lowest BCUT2D eigenvalue weighted by molar-refractivity contribution is -0.319.